The van der Waals surface area contributed by atoms with Crippen molar-refractivity contribution in [3.63, 3.8) is 0 Å². The molecule has 0 saturated heterocycles. The molecular weight excluding hydrogens is 248 g/mol. The lowest BCUT2D eigenvalue weighted by molar-refractivity contribution is 0.102. The second-order valence-corrected chi connectivity index (χ2v) is 3.60. The zero-order chi connectivity index (χ0) is 13.1. The first kappa shape index (κ1) is 11.0. The van der Waals surface area contributed by atoms with Crippen LogP contribution in [0.15, 0.2) is 30.6 Å². The Kier molecular flexibility index (Phi) is 2.69. The van der Waals surface area contributed by atoms with E-state index in [4.69, 9.17) is 0 Å². The van der Waals surface area contributed by atoms with Crippen LogP contribution >= 0.6 is 0 Å². The Morgan fingerprint density at radius 3 is 2.68 bits per heavy atom. The average molecular weight is 256 g/mol. The molecule has 2 heterocycles. The Hall–Kier alpha value is -3.10. The molecule has 0 radical (unpaired) electrons. The number of hydrogen-bond acceptors (Lipinski definition) is 6. The molecule has 1 aromatic carbocycles. The fourth-order valence-electron chi connectivity index (χ4n) is 1.50. The lowest BCUT2D eigenvalue weighted by atomic mass is 10.1. The number of nitrogens with zero attached hydrogens (tertiary/aromatic N) is 5. The molecule has 0 unspecified atom stereocenters. The summed E-state index contributed by atoms with van der Waals surface area (Å²) in [5.74, 6) is 0.492. The number of carbonyl (C=O) groups excluding carboxylic acids is 1. The summed E-state index contributed by atoms with van der Waals surface area (Å²) in [6.45, 7) is 0. The van der Waals surface area contributed by atoms with E-state index in [1.165, 1.54) is 6.33 Å². The Balaban J connectivity index is 1.77. The molecule has 3 rings (SSSR count). The van der Waals surface area contributed by atoms with Gasteiger partial charge in [0, 0.05) is 11.1 Å². The summed E-state index contributed by atoms with van der Waals surface area (Å²) in [7, 11) is 0. The molecule has 1 amide bonds. The first-order chi connectivity index (χ1) is 9.33. The van der Waals surface area contributed by atoms with Gasteiger partial charge in [-0.15, -0.1) is 10.2 Å². The predicted octanol–water partition coefficient (Wildman–Crippen LogP) is 0.237. The van der Waals surface area contributed by atoms with E-state index in [0.29, 0.717) is 17.3 Å². The third kappa shape index (κ3) is 2.29. The highest BCUT2D eigenvalue weighted by molar-refractivity contribution is 6.03. The molecule has 0 aliphatic rings. The molecule has 9 heteroatoms. The number of rotatable bonds is 3. The molecule has 0 saturated carbocycles. The Morgan fingerprint density at radius 2 is 2.05 bits per heavy atom. The summed E-state index contributed by atoms with van der Waals surface area (Å²) in [6.07, 6.45) is 1.31. The van der Waals surface area contributed by atoms with Crippen molar-refractivity contribution in [3.05, 3.63) is 36.2 Å². The van der Waals surface area contributed by atoms with Gasteiger partial charge in [-0.25, -0.2) is 5.10 Å². The first-order valence-electron chi connectivity index (χ1n) is 5.33. The molecule has 3 aromatic rings. The summed E-state index contributed by atoms with van der Waals surface area (Å²) in [5.41, 5.74) is 1.26. The highest BCUT2D eigenvalue weighted by Gasteiger charge is 2.09. The van der Waals surface area contributed by atoms with E-state index in [1.807, 2.05) is 0 Å². The standard InChI is InChI=1S/C10H8N8O/c19-9(13-10-11-5-12-16-10)7-3-1-6(2-4-7)8-14-17-18-15-8/h1-5H,(H,14,15,17,18)(H2,11,12,13,16,19). The van der Waals surface area contributed by atoms with Crippen molar-refractivity contribution in [1.29, 1.82) is 0 Å². The molecule has 0 bridgehead atoms. The zero-order valence-corrected chi connectivity index (χ0v) is 9.53. The number of benzene rings is 1. The van der Waals surface area contributed by atoms with Gasteiger partial charge in [0.2, 0.25) is 11.8 Å². The van der Waals surface area contributed by atoms with Crippen molar-refractivity contribution in [1.82, 2.24) is 35.8 Å². The summed E-state index contributed by atoms with van der Waals surface area (Å²) < 4.78 is 0. The SMILES string of the molecule is O=C(Nc1ncn[nH]1)c1ccc(-c2nn[nH]n2)cc1. The minimum absolute atomic E-state index is 0.281. The van der Waals surface area contributed by atoms with E-state index in [2.05, 4.69) is 41.1 Å². The van der Waals surface area contributed by atoms with E-state index in [9.17, 15) is 4.79 Å². The molecule has 0 aliphatic heterocycles. The second-order valence-electron chi connectivity index (χ2n) is 3.60. The van der Waals surface area contributed by atoms with E-state index in [1.54, 1.807) is 24.3 Å². The van der Waals surface area contributed by atoms with E-state index in [0.717, 1.165) is 5.56 Å². The van der Waals surface area contributed by atoms with Gasteiger partial charge in [0.1, 0.15) is 6.33 Å². The number of H-pyrrole nitrogens is 2. The van der Waals surface area contributed by atoms with Crippen LogP contribution in [0.2, 0.25) is 0 Å². The number of nitrogens with one attached hydrogen (secondary N) is 3. The van der Waals surface area contributed by atoms with Crippen molar-refractivity contribution in [2.75, 3.05) is 5.32 Å². The first-order valence-corrected chi connectivity index (χ1v) is 5.33. The zero-order valence-electron chi connectivity index (χ0n) is 9.53. The minimum Gasteiger partial charge on any atom is -0.291 e. The Labute approximate surface area is 106 Å². The normalized spacial score (nSPS) is 10.3. The van der Waals surface area contributed by atoms with E-state index in [-0.39, 0.29) is 5.91 Å². The van der Waals surface area contributed by atoms with Gasteiger partial charge in [0.15, 0.2) is 0 Å². The number of aromatic amines is 2. The van der Waals surface area contributed by atoms with Crippen LogP contribution in [0.4, 0.5) is 5.95 Å². The summed E-state index contributed by atoms with van der Waals surface area (Å²) >= 11 is 0. The molecule has 19 heavy (non-hydrogen) atoms. The molecule has 0 atom stereocenters. The van der Waals surface area contributed by atoms with Crippen LogP contribution in [-0.2, 0) is 0 Å². The largest absolute Gasteiger partial charge is 0.291 e. The summed E-state index contributed by atoms with van der Waals surface area (Å²) in [4.78, 5) is 15.7. The molecule has 0 aliphatic carbocycles. The number of carbonyl (C=O) groups is 1. The van der Waals surface area contributed by atoms with Gasteiger partial charge in [0.05, 0.1) is 0 Å². The fraction of sp³-hybridized carbons (Fsp3) is 0. The van der Waals surface area contributed by atoms with Crippen molar-refractivity contribution in [2.45, 2.75) is 0 Å². The Morgan fingerprint density at radius 1 is 1.21 bits per heavy atom. The molecular formula is C10H8N8O. The van der Waals surface area contributed by atoms with Crippen LogP contribution in [0, 0.1) is 0 Å². The van der Waals surface area contributed by atoms with Gasteiger partial charge < -0.3 is 0 Å². The van der Waals surface area contributed by atoms with Crippen LogP contribution in [0.25, 0.3) is 11.4 Å². The molecule has 94 valence electrons. The minimum atomic E-state index is -0.281. The van der Waals surface area contributed by atoms with Crippen molar-refractivity contribution >= 4 is 11.9 Å². The van der Waals surface area contributed by atoms with Gasteiger partial charge in [-0.3, -0.25) is 10.1 Å². The van der Waals surface area contributed by atoms with Crippen LogP contribution in [0.5, 0.6) is 0 Å². The number of hydrogen-bond donors (Lipinski definition) is 3. The predicted molar refractivity (Wildman–Crippen MR) is 63.9 cm³/mol. The fourth-order valence-corrected chi connectivity index (χ4v) is 1.50. The highest BCUT2D eigenvalue weighted by atomic mass is 16.1. The highest BCUT2D eigenvalue weighted by Crippen LogP contribution is 2.14. The topological polar surface area (TPSA) is 125 Å². The van der Waals surface area contributed by atoms with E-state index < -0.39 is 0 Å². The third-order valence-corrected chi connectivity index (χ3v) is 2.40. The number of aromatic nitrogens is 7. The summed E-state index contributed by atoms with van der Waals surface area (Å²) in [6, 6.07) is 6.80. The van der Waals surface area contributed by atoms with Crippen LogP contribution < -0.4 is 5.32 Å². The van der Waals surface area contributed by atoms with Gasteiger partial charge >= 0.3 is 0 Å². The summed E-state index contributed by atoms with van der Waals surface area (Å²) in [5, 5.41) is 22.3. The Bertz CT molecular complexity index is 658. The molecule has 0 spiro atoms. The molecule has 3 N–H and O–H groups in total. The van der Waals surface area contributed by atoms with Crippen molar-refractivity contribution in [2.24, 2.45) is 0 Å². The second kappa shape index (κ2) is 4.64. The lowest BCUT2D eigenvalue weighted by Gasteiger charge is -2.01. The smallest absolute Gasteiger partial charge is 0.258 e. The van der Waals surface area contributed by atoms with Crippen molar-refractivity contribution < 1.29 is 4.79 Å². The maximum Gasteiger partial charge on any atom is 0.258 e. The van der Waals surface area contributed by atoms with Gasteiger partial charge in [-0.2, -0.15) is 15.3 Å². The van der Waals surface area contributed by atoms with Crippen molar-refractivity contribution in [3.8, 4) is 11.4 Å². The molecule has 9 nitrogen and oxygen atoms in total. The lowest BCUT2D eigenvalue weighted by Crippen LogP contribution is -2.12. The quantitative estimate of drug-likeness (QED) is 0.616. The maximum absolute atomic E-state index is 11.9. The third-order valence-electron chi connectivity index (χ3n) is 2.40. The monoisotopic (exact) mass is 256 g/mol. The molecule has 2 aromatic heterocycles. The van der Waals surface area contributed by atoms with Gasteiger partial charge in [-0.1, -0.05) is 12.1 Å². The van der Waals surface area contributed by atoms with Crippen LogP contribution in [0.3, 0.4) is 0 Å². The molecule has 0 fully saturated rings. The number of tetrazole rings is 1. The van der Waals surface area contributed by atoms with E-state index >= 15 is 0 Å². The van der Waals surface area contributed by atoms with Crippen LogP contribution in [0.1, 0.15) is 10.4 Å². The van der Waals surface area contributed by atoms with Crippen LogP contribution in [-0.4, -0.2) is 41.7 Å². The average Bonchev–Trinajstić information content (AvgIpc) is 3.12. The van der Waals surface area contributed by atoms with Gasteiger partial charge in [0.25, 0.3) is 5.91 Å². The number of amides is 1. The number of anilines is 1. The maximum atomic E-state index is 11.9. The van der Waals surface area contributed by atoms with Gasteiger partial charge in [-0.05, 0) is 17.3 Å².